The first kappa shape index (κ1) is 13.2. The Morgan fingerprint density at radius 1 is 1.62 bits per heavy atom. The second kappa shape index (κ2) is 5.47. The summed E-state index contributed by atoms with van der Waals surface area (Å²) >= 11 is 2.20. The van der Waals surface area contributed by atoms with Gasteiger partial charge in [0.2, 0.25) is 0 Å². The molecule has 1 rings (SSSR count). The van der Waals surface area contributed by atoms with Crippen LogP contribution in [0.25, 0.3) is 0 Å². The first-order chi connectivity index (χ1) is 7.41. The van der Waals surface area contributed by atoms with Gasteiger partial charge in [0.1, 0.15) is 5.82 Å². The molecule has 1 heterocycles. The molecule has 88 valence electrons. The lowest BCUT2D eigenvalue weighted by Gasteiger charge is -2.26. The number of halogens is 1. The van der Waals surface area contributed by atoms with Crippen LogP contribution in [-0.2, 0) is 4.79 Å². The van der Waals surface area contributed by atoms with Gasteiger partial charge in [-0.15, -0.1) is 0 Å². The van der Waals surface area contributed by atoms with Crippen molar-refractivity contribution in [2.45, 2.75) is 32.2 Å². The molecule has 0 atom stereocenters. The lowest BCUT2D eigenvalue weighted by molar-refractivity contribution is -0.137. The third kappa shape index (κ3) is 4.34. The number of rotatable bonds is 5. The second-order valence-electron chi connectivity index (χ2n) is 4.24. The van der Waals surface area contributed by atoms with Gasteiger partial charge in [0.25, 0.3) is 0 Å². The van der Waals surface area contributed by atoms with E-state index in [1.807, 2.05) is 26.0 Å². The number of nitrogens with one attached hydrogen (secondary N) is 1. The molecule has 4 nitrogen and oxygen atoms in total. The summed E-state index contributed by atoms with van der Waals surface area (Å²) in [5, 5.41) is 11.9. The van der Waals surface area contributed by atoms with Gasteiger partial charge in [-0.2, -0.15) is 0 Å². The van der Waals surface area contributed by atoms with Gasteiger partial charge in [0, 0.05) is 18.2 Å². The first-order valence-electron chi connectivity index (χ1n) is 5.01. The minimum Gasteiger partial charge on any atom is -0.481 e. The van der Waals surface area contributed by atoms with E-state index in [2.05, 4.69) is 32.9 Å². The maximum Gasteiger partial charge on any atom is 0.303 e. The molecule has 0 spiro atoms. The quantitative estimate of drug-likeness (QED) is 0.813. The fourth-order valence-electron chi connectivity index (χ4n) is 1.28. The average molecular weight is 334 g/mol. The zero-order valence-corrected chi connectivity index (χ0v) is 11.5. The van der Waals surface area contributed by atoms with Gasteiger partial charge in [-0.1, -0.05) is 0 Å². The molecule has 0 aromatic carbocycles. The third-order valence-corrected chi connectivity index (χ3v) is 3.05. The molecule has 0 aliphatic rings. The molecule has 0 radical (unpaired) electrons. The highest BCUT2D eigenvalue weighted by Gasteiger charge is 2.20. The van der Waals surface area contributed by atoms with Crippen LogP contribution in [0.4, 0.5) is 5.82 Å². The second-order valence-corrected chi connectivity index (χ2v) is 5.40. The van der Waals surface area contributed by atoms with Crippen LogP contribution in [0, 0.1) is 3.57 Å². The van der Waals surface area contributed by atoms with Crippen molar-refractivity contribution >= 4 is 34.4 Å². The molecule has 1 aromatic rings. The van der Waals surface area contributed by atoms with Crippen LogP contribution in [0.5, 0.6) is 0 Å². The highest BCUT2D eigenvalue weighted by Crippen LogP contribution is 2.21. The number of carbonyl (C=O) groups is 1. The van der Waals surface area contributed by atoms with Gasteiger partial charge in [-0.3, -0.25) is 4.79 Å². The molecule has 0 unspecified atom stereocenters. The SMILES string of the molecule is CC(C)(CCC(=O)O)Nc1ncccc1I. The van der Waals surface area contributed by atoms with Gasteiger partial charge in [0.05, 0.1) is 3.57 Å². The van der Waals surface area contributed by atoms with Crippen molar-refractivity contribution < 1.29 is 9.90 Å². The molecular formula is C11H15IN2O2. The van der Waals surface area contributed by atoms with Crippen LogP contribution >= 0.6 is 22.6 Å². The number of carboxylic acid groups (broad SMARTS) is 1. The molecule has 0 bridgehead atoms. The summed E-state index contributed by atoms with van der Waals surface area (Å²) in [6.45, 7) is 3.95. The Balaban J connectivity index is 2.65. The maximum atomic E-state index is 10.5. The van der Waals surface area contributed by atoms with Crippen molar-refractivity contribution in [2.24, 2.45) is 0 Å². The van der Waals surface area contributed by atoms with Crippen molar-refractivity contribution in [1.29, 1.82) is 0 Å². The van der Waals surface area contributed by atoms with Crippen molar-refractivity contribution in [3.63, 3.8) is 0 Å². The van der Waals surface area contributed by atoms with Crippen LogP contribution in [0.2, 0.25) is 0 Å². The van der Waals surface area contributed by atoms with Crippen molar-refractivity contribution in [2.75, 3.05) is 5.32 Å². The molecule has 1 aromatic heterocycles. The Morgan fingerprint density at radius 2 is 2.31 bits per heavy atom. The molecule has 0 aliphatic carbocycles. The maximum absolute atomic E-state index is 10.5. The molecule has 16 heavy (non-hydrogen) atoms. The lowest BCUT2D eigenvalue weighted by atomic mass is 9.98. The van der Waals surface area contributed by atoms with Gasteiger partial charge < -0.3 is 10.4 Å². The van der Waals surface area contributed by atoms with E-state index in [4.69, 9.17) is 5.11 Å². The number of hydrogen-bond donors (Lipinski definition) is 2. The largest absolute Gasteiger partial charge is 0.481 e. The summed E-state index contributed by atoms with van der Waals surface area (Å²) in [7, 11) is 0. The van der Waals surface area contributed by atoms with E-state index < -0.39 is 5.97 Å². The predicted molar refractivity (Wildman–Crippen MR) is 71.5 cm³/mol. The van der Waals surface area contributed by atoms with Crippen LogP contribution in [-0.4, -0.2) is 21.6 Å². The Morgan fingerprint density at radius 3 is 2.88 bits per heavy atom. The molecule has 0 saturated heterocycles. The number of pyridine rings is 1. The van der Waals surface area contributed by atoms with E-state index in [1.54, 1.807) is 6.20 Å². The minimum atomic E-state index is -0.773. The number of hydrogen-bond acceptors (Lipinski definition) is 3. The van der Waals surface area contributed by atoms with Crippen LogP contribution in [0.15, 0.2) is 18.3 Å². The zero-order valence-electron chi connectivity index (χ0n) is 9.33. The Hall–Kier alpha value is -0.850. The van der Waals surface area contributed by atoms with Crippen molar-refractivity contribution in [3.05, 3.63) is 21.9 Å². The fourth-order valence-corrected chi connectivity index (χ4v) is 1.76. The average Bonchev–Trinajstić information content (AvgIpc) is 2.19. The number of aliphatic carboxylic acids is 1. The van der Waals surface area contributed by atoms with E-state index in [1.165, 1.54) is 0 Å². The van der Waals surface area contributed by atoms with E-state index in [-0.39, 0.29) is 12.0 Å². The number of aromatic nitrogens is 1. The molecule has 0 amide bonds. The van der Waals surface area contributed by atoms with E-state index >= 15 is 0 Å². The normalized spacial score (nSPS) is 11.2. The molecule has 5 heteroatoms. The molecule has 0 fully saturated rings. The summed E-state index contributed by atoms with van der Waals surface area (Å²) in [6.07, 6.45) is 2.44. The summed E-state index contributed by atoms with van der Waals surface area (Å²) in [4.78, 5) is 14.7. The minimum absolute atomic E-state index is 0.156. The monoisotopic (exact) mass is 334 g/mol. The topological polar surface area (TPSA) is 62.2 Å². The van der Waals surface area contributed by atoms with Gasteiger partial charge in [0.15, 0.2) is 0 Å². The van der Waals surface area contributed by atoms with Crippen LogP contribution in [0.1, 0.15) is 26.7 Å². The molecular weight excluding hydrogens is 319 g/mol. The van der Waals surface area contributed by atoms with Crippen LogP contribution in [0.3, 0.4) is 0 Å². The number of anilines is 1. The standard InChI is InChI=1S/C11H15IN2O2/c1-11(2,6-5-9(15)16)14-10-8(12)4-3-7-13-10/h3-4,7H,5-6H2,1-2H3,(H,13,14)(H,15,16). The van der Waals surface area contributed by atoms with Crippen LogP contribution < -0.4 is 5.32 Å². The highest BCUT2D eigenvalue weighted by atomic mass is 127. The van der Waals surface area contributed by atoms with Gasteiger partial charge in [-0.25, -0.2) is 4.98 Å². The van der Waals surface area contributed by atoms with Crippen molar-refractivity contribution in [1.82, 2.24) is 4.98 Å². The molecule has 0 aliphatic heterocycles. The predicted octanol–water partition coefficient (Wildman–Crippen LogP) is 2.74. The molecule has 2 N–H and O–H groups in total. The third-order valence-electron chi connectivity index (χ3n) is 2.18. The Bertz CT molecular complexity index is 380. The zero-order chi connectivity index (χ0) is 12.2. The van der Waals surface area contributed by atoms with E-state index in [0.717, 1.165) is 9.39 Å². The first-order valence-corrected chi connectivity index (χ1v) is 6.09. The van der Waals surface area contributed by atoms with E-state index in [9.17, 15) is 4.79 Å². The van der Waals surface area contributed by atoms with Crippen molar-refractivity contribution in [3.8, 4) is 0 Å². The highest BCUT2D eigenvalue weighted by molar-refractivity contribution is 14.1. The Kier molecular flexibility index (Phi) is 4.52. The Labute approximate surface area is 109 Å². The number of carboxylic acids is 1. The smallest absolute Gasteiger partial charge is 0.303 e. The summed E-state index contributed by atoms with van der Waals surface area (Å²) in [6, 6.07) is 3.83. The van der Waals surface area contributed by atoms with Gasteiger partial charge in [-0.05, 0) is 55.0 Å². The van der Waals surface area contributed by atoms with E-state index in [0.29, 0.717) is 6.42 Å². The summed E-state index contributed by atoms with van der Waals surface area (Å²) in [5.74, 6) is 0.0316. The fraction of sp³-hybridized carbons (Fsp3) is 0.455. The summed E-state index contributed by atoms with van der Waals surface area (Å²) < 4.78 is 1.03. The summed E-state index contributed by atoms with van der Waals surface area (Å²) in [5.41, 5.74) is -0.271. The molecule has 0 saturated carbocycles. The van der Waals surface area contributed by atoms with Gasteiger partial charge >= 0.3 is 5.97 Å². The lowest BCUT2D eigenvalue weighted by Crippen LogP contribution is -2.32. The number of nitrogens with zero attached hydrogens (tertiary/aromatic N) is 1.